The highest BCUT2D eigenvalue weighted by Gasteiger charge is 2.35. The van der Waals surface area contributed by atoms with E-state index in [0.717, 1.165) is 6.07 Å². The summed E-state index contributed by atoms with van der Waals surface area (Å²) >= 11 is 0. The Morgan fingerprint density at radius 3 is 2.68 bits per heavy atom. The molecule has 0 bridgehead atoms. The van der Waals surface area contributed by atoms with Crippen molar-refractivity contribution in [1.82, 2.24) is 5.16 Å². The summed E-state index contributed by atoms with van der Waals surface area (Å²) in [6, 6.07) is 6.15. The quantitative estimate of drug-likeness (QED) is 0.635. The van der Waals surface area contributed by atoms with Gasteiger partial charge in [0.2, 0.25) is 0 Å². The van der Waals surface area contributed by atoms with E-state index in [0.29, 0.717) is 6.08 Å². The smallest absolute Gasteiger partial charge is 0.417 e. The monoisotopic (exact) mass is 314 g/mol. The lowest BCUT2D eigenvalue weighted by atomic mass is 10.0. The summed E-state index contributed by atoms with van der Waals surface area (Å²) in [5.74, 6) is -0.795. The van der Waals surface area contributed by atoms with Crippen molar-refractivity contribution in [2.45, 2.75) is 6.18 Å². The second-order valence-electron chi connectivity index (χ2n) is 4.13. The molecule has 0 saturated heterocycles. The lowest BCUT2D eigenvalue weighted by Crippen LogP contribution is -2.10. The summed E-state index contributed by atoms with van der Waals surface area (Å²) in [7, 11) is 1.33. The summed E-state index contributed by atoms with van der Waals surface area (Å²) < 4.78 is 49.0. The number of benzene rings is 1. The van der Waals surface area contributed by atoms with Crippen LogP contribution in [0.5, 0.6) is 5.75 Å². The molecule has 2 rings (SSSR count). The van der Waals surface area contributed by atoms with E-state index in [4.69, 9.17) is 4.74 Å². The predicted octanol–water partition coefficient (Wildman–Crippen LogP) is 3.69. The van der Waals surface area contributed by atoms with Crippen molar-refractivity contribution in [2.75, 3.05) is 7.11 Å². The van der Waals surface area contributed by atoms with Gasteiger partial charge in [0.25, 0.3) is 0 Å². The molecule has 0 aliphatic rings. The first-order valence-electron chi connectivity index (χ1n) is 5.85. The molecule has 1 heterocycles. The SMILES string of the molecule is COc1cccc(C(=Cc2cc([N+](=O)[O-])no2)C(F)(F)F)c1. The number of methoxy groups -OCH3 is 1. The summed E-state index contributed by atoms with van der Waals surface area (Å²) in [5.41, 5.74) is -1.19. The van der Waals surface area contributed by atoms with E-state index in [1.807, 2.05) is 0 Å². The summed E-state index contributed by atoms with van der Waals surface area (Å²) in [6.45, 7) is 0. The Hall–Kier alpha value is -2.84. The fraction of sp³-hybridized carbons (Fsp3) is 0.154. The molecule has 0 radical (unpaired) electrons. The Balaban J connectivity index is 2.49. The Morgan fingerprint density at radius 1 is 1.41 bits per heavy atom. The first-order chi connectivity index (χ1) is 10.3. The van der Waals surface area contributed by atoms with E-state index in [2.05, 4.69) is 9.68 Å². The molecular formula is C13H9F3N2O4. The van der Waals surface area contributed by atoms with E-state index in [1.165, 1.54) is 31.4 Å². The van der Waals surface area contributed by atoms with Gasteiger partial charge in [0.1, 0.15) is 5.75 Å². The van der Waals surface area contributed by atoms with Crippen LogP contribution in [0, 0.1) is 10.1 Å². The Morgan fingerprint density at radius 2 is 2.14 bits per heavy atom. The third kappa shape index (κ3) is 3.43. The second-order valence-corrected chi connectivity index (χ2v) is 4.13. The summed E-state index contributed by atoms with van der Waals surface area (Å²) in [5, 5.41) is 13.5. The zero-order chi connectivity index (χ0) is 16.3. The number of alkyl halides is 3. The molecular weight excluding hydrogens is 305 g/mol. The molecule has 0 N–H and O–H groups in total. The van der Waals surface area contributed by atoms with Crippen LogP contribution in [0.25, 0.3) is 11.6 Å². The molecule has 0 aliphatic heterocycles. The average molecular weight is 314 g/mol. The normalized spacial score (nSPS) is 12.3. The van der Waals surface area contributed by atoms with Gasteiger partial charge in [-0.2, -0.15) is 13.2 Å². The standard InChI is InChI=1S/C13H9F3N2O4/c1-21-9-4-2-3-8(5-9)11(13(14,15)16)6-10-7-12(17-22-10)18(19)20/h2-7H,1H3. The van der Waals surface area contributed by atoms with Crippen LogP contribution < -0.4 is 4.74 Å². The predicted molar refractivity (Wildman–Crippen MR) is 70.1 cm³/mol. The number of nitro groups is 1. The molecule has 0 amide bonds. The molecule has 1 aromatic heterocycles. The lowest BCUT2D eigenvalue weighted by Gasteiger charge is -2.12. The molecule has 22 heavy (non-hydrogen) atoms. The van der Waals surface area contributed by atoms with Crippen LogP contribution in [0.2, 0.25) is 0 Å². The van der Waals surface area contributed by atoms with Gasteiger partial charge in [0.15, 0.2) is 10.9 Å². The van der Waals surface area contributed by atoms with E-state index in [-0.39, 0.29) is 17.1 Å². The molecule has 116 valence electrons. The summed E-state index contributed by atoms with van der Waals surface area (Å²) in [6.07, 6.45) is -4.04. The first kappa shape index (κ1) is 15.5. The minimum Gasteiger partial charge on any atom is -0.497 e. The maximum absolute atomic E-state index is 13.2. The van der Waals surface area contributed by atoms with E-state index < -0.39 is 22.5 Å². The number of ether oxygens (including phenoxy) is 1. The number of nitrogens with zero attached hydrogens (tertiary/aromatic N) is 2. The highest BCUT2D eigenvalue weighted by atomic mass is 19.4. The molecule has 6 nitrogen and oxygen atoms in total. The molecule has 2 aromatic rings. The highest BCUT2D eigenvalue weighted by Crippen LogP contribution is 2.36. The van der Waals surface area contributed by atoms with Crippen molar-refractivity contribution in [3.05, 3.63) is 51.8 Å². The number of allylic oxidation sites excluding steroid dienone is 1. The fourth-order valence-electron chi connectivity index (χ4n) is 1.70. The number of rotatable bonds is 4. The molecule has 9 heteroatoms. The van der Waals surface area contributed by atoms with Crippen LogP contribution in [0.3, 0.4) is 0 Å². The van der Waals surface area contributed by atoms with E-state index in [1.54, 1.807) is 0 Å². The largest absolute Gasteiger partial charge is 0.497 e. The van der Waals surface area contributed by atoms with Crippen molar-refractivity contribution in [3.8, 4) is 5.75 Å². The van der Waals surface area contributed by atoms with Crippen LogP contribution in [0.15, 0.2) is 34.9 Å². The van der Waals surface area contributed by atoms with Crippen LogP contribution in [-0.4, -0.2) is 23.4 Å². The molecule has 0 saturated carbocycles. The molecule has 0 atom stereocenters. The van der Waals surface area contributed by atoms with E-state index in [9.17, 15) is 23.3 Å². The number of aromatic nitrogens is 1. The van der Waals surface area contributed by atoms with Gasteiger partial charge in [-0.1, -0.05) is 12.1 Å². The van der Waals surface area contributed by atoms with Crippen molar-refractivity contribution < 1.29 is 27.4 Å². The van der Waals surface area contributed by atoms with Gasteiger partial charge < -0.3 is 14.9 Å². The fourth-order valence-corrected chi connectivity index (χ4v) is 1.70. The van der Waals surface area contributed by atoms with Crippen LogP contribution in [0.4, 0.5) is 19.0 Å². The maximum Gasteiger partial charge on any atom is 0.417 e. The number of hydrogen-bond donors (Lipinski definition) is 0. The van der Waals surface area contributed by atoms with Crippen LogP contribution >= 0.6 is 0 Å². The Labute approximate surface area is 121 Å². The third-order valence-electron chi connectivity index (χ3n) is 2.68. The molecule has 0 fully saturated rings. The molecule has 0 aliphatic carbocycles. The van der Waals surface area contributed by atoms with Crippen molar-refractivity contribution in [1.29, 1.82) is 0 Å². The number of hydrogen-bond acceptors (Lipinski definition) is 5. The second kappa shape index (κ2) is 5.88. The van der Waals surface area contributed by atoms with E-state index >= 15 is 0 Å². The van der Waals surface area contributed by atoms with Gasteiger partial charge in [-0.25, -0.2) is 0 Å². The van der Waals surface area contributed by atoms with Gasteiger partial charge in [0.05, 0.1) is 18.7 Å². The molecule has 0 unspecified atom stereocenters. The Kier molecular flexibility index (Phi) is 4.15. The van der Waals surface area contributed by atoms with Crippen molar-refractivity contribution >= 4 is 17.5 Å². The molecule has 0 spiro atoms. The van der Waals surface area contributed by atoms with Gasteiger partial charge in [-0.05, 0) is 28.7 Å². The van der Waals surface area contributed by atoms with Crippen molar-refractivity contribution in [2.24, 2.45) is 0 Å². The third-order valence-corrected chi connectivity index (χ3v) is 2.68. The van der Waals surface area contributed by atoms with Crippen molar-refractivity contribution in [3.63, 3.8) is 0 Å². The Bertz CT molecular complexity index is 722. The minimum atomic E-state index is -4.69. The lowest BCUT2D eigenvalue weighted by molar-refractivity contribution is -0.390. The highest BCUT2D eigenvalue weighted by molar-refractivity contribution is 5.83. The van der Waals surface area contributed by atoms with Gasteiger partial charge in [-0.15, -0.1) is 0 Å². The zero-order valence-electron chi connectivity index (χ0n) is 11.1. The van der Waals surface area contributed by atoms with Gasteiger partial charge >= 0.3 is 12.0 Å². The average Bonchev–Trinajstić information content (AvgIpc) is 2.92. The van der Waals surface area contributed by atoms with Crippen LogP contribution in [-0.2, 0) is 0 Å². The van der Waals surface area contributed by atoms with Gasteiger partial charge in [0, 0.05) is 0 Å². The first-order valence-corrected chi connectivity index (χ1v) is 5.85. The van der Waals surface area contributed by atoms with Crippen LogP contribution in [0.1, 0.15) is 11.3 Å². The maximum atomic E-state index is 13.2. The molecule has 1 aromatic carbocycles. The minimum absolute atomic E-state index is 0.161. The topological polar surface area (TPSA) is 78.4 Å². The van der Waals surface area contributed by atoms with Gasteiger partial charge in [-0.3, -0.25) is 4.52 Å². The number of halogens is 3. The zero-order valence-corrected chi connectivity index (χ0v) is 11.1. The summed E-state index contributed by atoms with van der Waals surface area (Å²) in [4.78, 5) is 9.61.